The van der Waals surface area contributed by atoms with Crippen LogP contribution in [0.5, 0.6) is 11.5 Å². The van der Waals surface area contributed by atoms with E-state index in [4.69, 9.17) is 21.1 Å². The molecule has 0 atom stereocenters. The molecule has 3 aromatic rings. The molecule has 28 heavy (non-hydrogen) atoms. The van der Waals surface area contributed by atoms with Crippen molar-refractivity contribution in [3.63, 3.8) is 0 Å². The van der Waals surface area contributed by atoms with Crippen LogP contribution in [0.25, 0.3) is 0 Å². The fourth-order valence-corrected chi connectivity index (χ4v) is 2.99. The van der Waals surface area contributed by atoms with Gasteiger partial charge in [-0.1, -0.05) is 23.7 Å². The molecule has 1 amide bonds. The topological polar surface area (TPSA) is 72.5 Å². The summed E-state index contributed by atoms with van der Waals surface area (Å²) >= 11 is 6.09. The standard InChI is InChI=1S/C21H18ClN3O3/c1-13-16(22)3-2-4-17(13)25-21(26)18-7-6-15(11-24-18)23-10-14-5-8-19-20(9-14)28-12-27-19/h2-9,11,23H,10,12H2,1H3,(H,25,26). The molecule has 1 aliphatic heterocycles. The molecule has 0 saturated heterocycles. The third kappa shape index (κ3) is 3.87. The van der Waals surface area contributed by atoms with Crippen molar-refractivity contribution < 1.29 is 14.3 Å². The van der Waals surface area contributed by atoms with Crippen molar-refractivity contribution >= 4 is 28.9 Å². The smallest absolute Gasteiger partial charge is 0.274 e. The first kappa shape index (κ1) is 18.1. The van der Waals surface area contributed by atoms with Crippen molar-refractivity contribution in [2.45, 2.75) is 13.5 Å². The highest BCUT2D eigenvalue weighted by Crippen LogP contribution is 2.32. The molecule has 2 heterocycles. The van der Waals surface area contributed by atoms with E-state index in [1.807, 2.05) is 31.2 Å². The first-order chi connectivity index (χ1) is 13.6. The van der Waals surface area contributed by atoms with Crippen molar-refractivity contribution in [3.8, 4) is 11.5 Å². The van der Waals surface area contributed by atoms with Crippen LogP contribution in [-0.2, 0) is 6.54 Å². The van der Waals surface area contributed by atoms with Gasteiger partial charge in [-0.05, 0) is 54.4 Å². The number of rotatable bonds is 5. The zero-order valence-electron chi connectivity index (χ0n) is 15.2. The van der Waals surface area contributed by atoms with E-state index in [-0.39, 0.29) is 12.7 Å². The Labute approximate surface area is 167 Å². The number of carbonyl (C=O) groups is 1. The molecule has 0 unspecified atom stereocenters. The van der Waals surface area contributed by atoms with E-state index >= 15 is 0 Å². The van der Waals surface area contributed by atoms with E-state index in [1.54, 1.807) is 30.5 Å². The zero-order valence-corrected chi connectivity index (χ0v) is 15.9. The van der Waals surface area contributed by atoms with Crippen LogP contribution >= 0.6 is 11.6 Å². The third-order valence-electron chi connectivity index (χ3n) is 4.45. The van der Waals surface area contributed by atoms with Crippen LogP contribution in [0.4, 0.5) is 11.4 Å². The molecule has 1 aliphatic rings. The molecule has 4 rings (SSSR count). The van der Waals surface area contributed by atoms with Gasteiger partial charge in [0.05, 0.1) is 11.9 Å². The molecule has 7 heteroatoms. The highest BCUT2D eigenvalue weighted by Gasteiger charge is 2.13. The quantitative estimate of drug-likeness (QED) is 0.658. The Balaban J connectivity index is 1.38. The monoisotopic (exact) mass is 395 g/mol. The second-order valence-corrected chi connectivity index (χ2v) is 6.75. The van der Waals surface area contributed by atoms with Gasteiger partial charge in [-0.15, -0.1) is 0 Å². The number of carbonyl (C=O) groups excluding carboxylic acids is 1. The summed E-state index contributed by atoms with van der Waals surface area (Å²) in [5.41, 5.74) is 3.69. The molecule has 2 N–H and O–H groups in total. The molecule has 0 aliphatic carbocycles. The van der Waals surface area contributed by atoms with Crippen molar-refractivity contribution in [1.29, 1.82) is 0 Å². The number of fused-ring (bicyclic) bond motifs is 1. The van der Waals surface area contributed by atoms with Gasteiger partial charge in [0.2, 0.25) is 6.79 Å². The average Bonchev–Trinajstić information content (AvgIpc) is 3.18. The second-order valence-electron chi connectivity index (χ2n) is 6.34. The Kier molecular flexibility index (Phi) is 5.04. The second kappa shape index (κ2) is 7.78. The van der Waals surface area contributed by atoms with Crippen LogP contribution in [0.2, 0.25) is 5.02 Å². The molecule has 0 fully saturated rings. The number of nitrogens with one attached hydrogen (secondary N) is 2. The van der Waals surface area contributed by atoms with Crippen molar-refractivity contribution in [1.82, 2.24) is 4.98 Å². The predicted octanol–water partition coefficient (Wildman–Crippen LogP) is 4.64. The molecular weight excluding hydrogens is 378 g/mol. The number of pyridine rings is 1. The van der Waals surface area contributed by atoms with Crippen LogP contribution in [0.3, 0.4) is 0 Å². The number of amides is 1. The van der Waals surface area contributed by atoms with E-state index in [0.29, 0.717) is 22.9 Å². The highest BCUT2D eigenvalue weighted by molar-refractivity contribution is 6.31. The molecule has 2 aromatic carbocycles. The summed E-state index contributed by atoms with van der Waals surface area (Å²) in [5, 5.41) is 6.72. The van der Waals surface area contributed by atoms with Gasteiger partial charge in [0.15, 0.2) is 11.5 Å². The first-order valence-electron chi connectivity index (χ1n) is 8.75. The maximum atomic E-state index is 12.4. The van der Waals surface area contributed by atoms with Gasteiger partial charge in [0.25, 0.3) is 5.91 Å². The van der Waals surface area contributed by atoms with Crippen LogP contribution in [0.15, 0.2) is 54.7 Å². The molecular formula is C21H18ClN3O3. The fraction of sp³-hybridized carbons (Fsp3) is 0.143. The SMILES string of the molecule is Cc1c(Cl)cccc1NC(=O)c1ccc(NCc2ccc3c(c2)OCO3)cn1. The number of ether oxygens (including phenoxy) is 2. The molecule has 0 radical (unpaired) electrons. The van der Waals surface area contributed by atoms with E-state index in [1.165, 1.54) is 0 Å². The average molecular weight is 396 g/mol. The fourth-order valence-electron chi connectivity index (χ4n) is 2.82. The lowest BCUT2D eigenvalue weighted by Crippen LogP contribution is -2.14. The van der Waals surface area contributed by atoms with Gasteiger partial charge in [0, 0.05) is 17.3 Å². The number of benzene rings is 2. The Morgan fingerprint density at radius 1 is 1.14 bits per heavy atom. The lowest BCUT2D eigenvalue weighted by molar-refractivity contribution is 0.102. The van der Waals surface area contributed by atoms with Crippen molar-refractivity contribution in [2.24, 2.45) is 0 Å². The highest BCUT2D eigenvalue weighted by atomic mass is 35.5. The van der Waals surface area contributed by atoms with Crippen LogP contribution in [-0.4, -0.2) is 17.7 Å². The Morgan fingerprint density at radius 3 is 2.82 bits per heavy atom. The Hall–Kier alpha value is -3.25. The molecule has 0 bridgehead atoms. The Bertz CT molecular complexity index is 1020. The summed E-state index contributed by atoms with van der Waals surface area (Å²) in [4.78, 5) is 16.7. The van der Waals surface area contributed by atoms with Gasteiger partial charge in [0.1, 0.15) is 5.69 Å². The summed E-state index contributed by atoms with van der Waals surface area (Å²) in [6.07, 6.45) is 1.63. The largest absolute Gasteiger partial charge is 0.454 e. The maximum absolute atomic E-state index is 12.4. The summed E-state index contributed by atoms with van der Waals surface area (Å²) < 4.78 is 10.7. The summed E-state index contributed by atoms with van der Waals surface area (Å²) in [5.74, 6) is 1.23. The van der Waals surface area contributed by atoms with Gasteiger partial charge >= 0.3 is 0 Å². The Morgan fingerprint density at radius 2 is 2.00 bits per heavy atom. The molecule has 6 nitrogen and oxygen atoms in total. The van der Waals surface area contributed by atoms with Gasteiger partial charge in [-0.3, -0.25) is 4.79 Å². The number of halogens is 1. The minimum atomic E-state index is -0.285. The molecule has 142 valence electrons. The minimum absolute atomic E-state index is 0.258. The van der Waals surface area contributed by atoms with Crippen LogP contribution in [0, 0.1) is 6.92 Å². The lowest BCUT2D eigenvalue weighted by Gasteiger charge is -2.10. The van der Waals surface area contributed by atoms with E-state index in [2.05, 4.69) is 15.6 Å². The summed E-state index contributed by atoms with van der Waals surface area (Å²) in [6, 6.07) is 14.7. The third-order valence-corrected chi connectivity index (χ3v) is 4.86. The minimum Gasteiger partial charge on any atom is -0.454 e. The zero-order chi connectivity index (χ0) is 19.5. The van der Waals surface area contributed by atoms with E-state index in [0.717, 1.165) is 28.3 Å². The summed E-state index contributed by atoms with van der Waals surface area (Å²) in [6.45, 7) is 2.72. The number of anilines is 2. The van der Waals surface area contributed by atoms with Gasteiger partial charge in [-0.25, -0.2) is 4.98 Å². The van der Waals surface area contributed by atoms with Gasteiger partial charge < -0.3 is 20.1 Å². The normalized spacial score (nSPS) is 11.9. The molecule has 1 aromatic heterocycles. The first-order valence-corrected chi connectivity index (χ1v) is 9.13. The van der Waals surface area contributed by atoms with E-state index in [9.17, 15) is 4.79 Å². The number of hydrogen-bond acceptors (Lipinski definition) is 5. The van der Waals surface area contributed by atoms with Crippen molar-refractivity contribution in [3.05, 3.63) is 76.6 Å². The maximum Gasteiger partial charge on any atom is 0.274 e. The van der Waals surface area contributed by atoms with Gasteiger partial charge in [-0.2, -0.15) is 0 Å². The lowest BCUT2D eigenvalue weighted by atomic mass is 10.2. The van der Waals surface area contributed by atoms with Crippen LogP contribution in [0.1, 0.15) is 21.6 Å². The predicted molar refractivity (Wildman–Crippen MR) is 108 cm³/mol. The summed E-state index contributed by atoms with van der Waals surface area (Å²) in [7, 11) is 0. The number of nitrogens with zero attached hydrogens (tertiary/aromatic N) is 1. The number of hydrogen-bond donors (Lipinski definition) is 2. The molecule has 0 saturated carbocycles. The van der Waals surface area contributed by atoms with E-state index < -0.39 is 0 Å². The molecule has 0 spiro atoms. The van der Waals surface area contributed by atoms with Crippen LogP contribution < -0.4 is 20.1 Å². The van der Waals surface area contributed by atoms with Crippen molar-refractivity contribution in [2.75, 3.05) is 17.4 Å². The number of aromatic nitrogens is 1.